The van der Waals surface area contributed by atoms with Crippen LogP contribution in [-0.2, 0) is 9.59 Å². The molecule has 0 saturated heterocycles. The molecule has 0 fully saturated rings. The molecular weight excluding hydrogens is 198 g/mol. The molecule has 0 rings (SSSR count). The van der Waals surface area contributed by atoms with Gasteiger partial charge in [0.2, 0.25) is 0 Å². The second-order valence-electron chi connectivity index (χ2n) is 3.48. The lowest BCUT2D eigenvalue weighted by molar-refractivity contribution is -0.138. The Morgan fingerprint density at radius 3 is 2.07 bits per heavy atom. The molecule has 0 radical (unpaired) electrons. The Hall–Kier alpha value is -1.10. The van der Waals surface area contributed by atoms with Crippen LogP contribution < -0.4 is 0 Å². The summed E-state index contributed by atoms with van der Waals surface area (Å²) in [4.78, 5) is 22.7. The third kappa shape index (κ3) is 9.21. The van der Waals surface area contributed by atoms with E-state index in [0.717, 1.165) is 13.0 Å². The summed E-state index contributed by atoms with van der Waals surface area (Å²) in [5, 5.41) is 17.0. The first kappa shape index (κ1) is 13.9. The molecule has 0 saturated carbocycles. The fraction of sp³-hybridized carbons (Fsp3) is 0.800. The Morgan fingerprint density at radius 2 is 1.60 bits per heavy atom. The number of nitrogens with zero attached hydrogens (tertiary/aromatic N) is 1. The molecule has 0 aromatic rings. The SMILES string of the molecule is CCCN(CCCC(=O)O)CCC(=O)O. The molecule has 0 bridgehead atoms. The Kier molecular flexibility index (Phi) is 7.62. The summed E-state index contributed by atoms with van der Waals surface area (Å²) in [7, 11) is 0. The Balaban J connectivity index is 3.71. The number of hydrogen-bond acceptors (Lipinski definition) is 3. The van der Waals surface area contributed by atoms with Crippen molar-refractivity contribution < 1.29 is 19.8 Å². The molecule has 0 aromatic carbocycles. The van der Waals surface area contributed by atoms with Gasteiger partial charge >= 0.3 is 11.9 Å². The van der Waals surface area contributed by atoms with Crippen molar-refractivity contribution in [2.45, 2.75) is 32.6 Å². The van der Waals surface area contributed by atoms with Crippen LogP contribution in [0, 0.1) is 0 Å². The van der Waals surface area contributed by atoms with Gasteiger partial charge < -0.3 is 15.1 Å². The van der Waals surface area contributed by atoms with Crippen LogP contribution in [0.3, 0.4) is 0 Å². The smallest absolute Gasteiger partial charge is 0.304 e. The van der Waals surface area contributed by atoms with Crippen molar-refractivity contribution in [3.8, 4) is 0 Å². The maximum atomic E-state index is 10.4. The zero-order chi connectivity index (χ0) is 11.7. The molecule has 0 aliphatic heterocycles. The quantitative estimate of drug-likeness (QED) is 0.603. The fourth-order valence-corrected chi connectivity index (χ4v) is 1.36. The molecule has 5 heteroatoms. The maximum Gasteiger partial charge on any atom is 0.304 e. The molecule has 0 aromatic heterocycles. The minimum Gasteiger partial charge on any atom is -0.481 e. The predicted molar refractivity (Wildman–Crippen MR) is 55.9 cm³/mol. The number of carboxylic acids is 2. The van der Waals surface area contributed by atoms with E-state index < -0.39 is 11.9 Å². The molecule has 88 valence electrons. The summed E-state index contributed by atoms with van der Waals surface area (Å²) in [6, 6.07) is 0. The summed E-state index contributed by atoms with van der Waals surface area (Å²) in [6.45, 7) is 4.01. The molecule has 15 heavy (non-hydrogen) atoms. The first-order valence-electron chi connectivity index (χ1n) is 5.22. The van der Waals surface area contributed by atoms with Gasteiger partial charge in [-0.2, -0.15) is 0 Å². The van der Waals surface area contributed by atoms with E-state index in [1.807, 2.05) is 11.8 Å². The zero-order valence-corrected chi connectivity index (χ0v) is 9.11. The van der Waals surface area contributed by atoms with Gasteiger partial charge in [-0.3, -0.25) is 9.59 Å². The van der Waals surface area contributed by atoms with Crippen LogP contribution in [0.15, 0.2) is 0 Å². The average Bonchev–Trinajstić information content (AvgIpc) is 2.13. The number of carbonyl (C=O) groups is 2. The molecule has 0 aliphatic carbocycles. The van der Waals surface area contributed by atoms with E-state index in [4.69, 9.17) is 10.2 Å². The Morgan fingerprint density at radius 1 is 1.00 bits per heavy atom. The van der Waals surface area contributed by atoms with Crippen molar-refractivity contribution in [1.29, 1.82) is 0 Å². The summed E-state index contributed by atoms with van der Waals surface area (Å²) >= 11 is 0. The fourth-order valence-electron chi connectivity index (χ4n) is 1.36. The van der Waals surface area contributed by atoms with Crippen LogP contribution in [0.5, 0.6) is 0 Å². The van der Waals surface area contributed by atoms with Crippen LogP contribution >= 0.6 is 0 Å². The van der Waals surface area contributed by atoms with Gasteiger partial charge in [-0.05, 0) is 25.9 Å². The molecule has 0 unspecified atom stereocenters. The first-order chi connectivity index (χ1) is 7.06. The van der Waals surface area contributed by atoms with Gasteiger partial charge in [0, 0.05) is 13.0 Å². The molecule has 0 spiro atoms. The largest absolute Gasteiger partial charge is 0.481 e. The third-order valence-corrected chi connectivity index (χ3v) is 2.05. The van der Waals surface area contributed by atoms with Crippen LogP contribution in [0.1, 0.15) is 32.6 Å². The van der Waals surface area contributed by atoms with E-state index in [1.54, 1.807) is 0 Å². The molecule has 0 atom stereocenters. The van der Waals surface area contributed by atoms with E-state index in [1.165, 1.54) is 0 Å². The van der Waals surface area contributed by atoms with Gasteiger partial charge in [0.1, 0.15) is 0 Å². The first-order valence-corrected chi connectivity index (χ1v) is 5.22. The van der Waals surface area contributed by atoms with E-state index in [0.29, 0.717) is 19.5 Å². The Labute approximate surface area is 89.7 Å². The lowest BCUT2D eigenvalue weighted by atomic mass is 10.2. The number of aliphatic carboxylic acids is 2. The van der Waals surface area contributed by atoms with Crippen molar-refractivity contribution in [1.82, 2.24) is 4.90 Å². The highest BCUT2D eigenvalue weighted by Crippen LogP contribution is 1.99. The molecule has 5 nitrogen and oxygen atoms in total. The average molecular weight is 217 g/mol. The normalized spacial score (nSPS) is 10.5. The minimum atomic E-state index is -0.811. The lowest BCUT2D eigenvalue weighted by Gasteiger charge is -2.20. The van der Waals surface area contributed by atoms with Crippen LogP contribution in [0.2, 0.25) is 0 Å². The van der Waals surface area contributed by atoms with Gasteiger partial charge in [0.25, 0.3) is 0 Å². The van der Waals surface area contributed by atoms with Crippen molar-refractivity contribution in [2.75, 3.05) is 19.6 Å². The van der Waals surface area contributed by atoms with Crippen molar-refractivity contribution in [3.05, 3.63) is 0 Å². The van der Waals surface area contributed by atoms with Crippen LogP contribution in [0.25, 0.3) is 0 Å². The van der Waals surface area contributed by atoms with Gasteiger partial charge in [0.05, 0.1) is 6.42 Å². The molecule has 0 heterocycles. The number of hydrogen-bond donors (Lipinski definition) is 2. The monoisotopic (exact) mass is 217 g/mol. The standard InChI is InChI=1S/C10H19NO4/c1-2-6-11(8-5-10(14)15)7-3-4-9(12)13/h2-8H2,1H3,(H,12,13)(H,14,15). The Bertz CT molecular complexity index is 206. The molecular formula is C10H19NO4. The van der Waals surface area contributed by atoms with Gasteiger partial charge in [-0.1, -0.05) is 6.92 Å². The van der Waals surface area contributed by atoms with Crippen LogP contribution in [0.4, 0.5) is 0 Å². The van der Waals surface area contributed by atoms with Crippen molar-refractivity contribution in [2.24, 2.45) is 0 Å². The lowest BCUT2D eigenvalue weighted by Crippen LogP contribution is -2.28. The summed E-state index contributed by atoms with van der Waals surface area (Å²) in [6.07, 6.45) is 1.79. The second kappa shape index (κ2) is 8.23. The summed E-state index contributed by atoms with van der Waals surface area (Å²) in [5.74, 6) is -1.61. The number of carboxylic acid groups (broad SMARTS) is 2. The highest BCUT2D eigenvalue weighted by atomic mass is 16.4. The second-order valence-corrected chi connectivity index (χ2v) is 3.48. The zero-order valence-electron chi connectivity index (χ0n) is 9.11. The van der Waals surface area contributed by atoms with Crippen LogP contribution in [-0.4, -0.2) is 46.7 Å². The minimum absolute atomic E-state index is 0.118. The highest BCUT2D eigenvalue weighted by Gasteiger charge is 2.07. The van der Waals surface area contributed by atoms with E-state index in [2.05, 4.69) is 0 Å². The molecule has 0 amide bonds. The van der Waals surface area contributed by atoms with Crippen molar-refractivity contribution in [3.63, 3.8) is 0 Å². The van der Waals surface area contributed by atoms with Gasteiger partial charge in [-0.15, -0.1) is 0 Å². The van der Waals surface area contributed by atoms with Gasteiger partial charge in [0.15, 0.2) is 0 Å². The number of rotatable bonds is 9. The molecule has 2 N–H and O–H groups in total. The molecule has 0 aliphatic rings. The van der Waals surface area contributed by atoms with Crippen molar-refractivity contribution >= 4 is 11.9 Å². The summed E-state index contributed by atoms with van der Waals surface area (Å²) < 4.78 is 0. The topological polar surface area (TPSA) is 77.8 Å². The van der Waals surface area contributed by atoms with Gasteiger partial charge in [-0.25, -0.2) is 0 Å². The maximum absolute atomic E-state index is 10.4. The van der Waals surface area contributed by atoms with E-state index in [9.17, 15) is 9.59 Å². The third-order valence-electron chi connectivity index (χ3n) is 2.05. The predicted octanol–water partition coefficient (Wildman–Crippen LogP) is 1.04. The van der Waals surface area contributed by atoms with E-state index >= 15 is 0 Å². The van der Waals surface area contributed by atoms with E-state index in [-0.39, 0.29) is 12.8 Å². The summed E-state index contributed by atoms with van der Waals surface area (Å²) in [5.41, 5.74) is 0. The highest BCUT2D eigenvalue weighted by molar-refractivity contribution is 5.67.